The molecule has 1 heterocycles. The molecule has 1 aromatic heterocycles. The molecule has 3 unspecified atom stereocenters. The first-order valence-corrected chi connectivity index (χ1v) is 8.89. The highest BCUT2D eigenvalue weighted by Crippen LogP contribution is 2.28. The molecule has 0 saturated carbocycles. The van der Waals surface area contributed by atoms with E-state index in [1.54, 1.807) is 0 Å². The lowest BCUT2D eigenvalue weighted by molar-refractivity contribution is -0.384. The van der Waals surface area contributed by atoms with Gasteiger partial charge in [-0.1, -0.05) is 6.92 Å². The van der Waals surface area contributed by atoms with Gasteiger partial charge < -0.3 is 15.5 Å². The van der Waals surface area contributed by atoms with Crippen LogP contribution >= 0.6 is 0 Å². The predicted octanol–water partition coefficient (Wildman–Crippen LogP) is 1.97. The number of hydrogen-bond donors (Lipinski definition) is 3. The molecule has 30 heavy (non-hydrogen) atoms. The molecule has 2 aromatic rings. The molecular formula is C18H21F3N4O5. The Labute approximate surface area is 169 Å². The van der Waals surface area contributed by atoms with Crippen molar-refractivity contribution in [1.82, 2.24) is 15.1 Å². The molecule has 164 valence electrons. The molecule has 9 nitrogen and oxygen atoms in total. The van der Waals surface area contributed by atoms with Crippen LogP contribution in [0.5, 0.6) is 0 Å². The van der Waals surface area contributed by atoms with E-state index in [4.69, 9.17) is 0 Å². The summed E-state index contributed by atoms with van der Waals surface area (Å²) in [5.41, 5.74) is -0.775. The van der Waals surface area contributed by atoms with E-state index in [-0.39, 0.29) is 23.5 Å². The van der Waals surface area contributed by atoms with Crippen LogP contribution in [0.1, 0.15) is 30.0 Å². The Morgan fingerprint density at radius 2 is 1.93 bits per heavy atom. The highest BCUT2D eigenvalue weighted by atomic mass is 19.4. The summed E-state index contributed by atoms with van der Waals surface area (Å²) in [6, 6.07) is 4.71. The topological polar surface area (TPSA) is 131 Å². The molecule has 0 radical (unpaired) electrons. The summed E-state index contributed by atoms with van der Waals surface area (Å²) < 4.78 is 39.4. The van der Waals surface area contributed by atoms with Crippen molar-refractivity contribution in [3.05, 3.63) is 57.4 Å². The Kier molecular flexibility index (Phi) is 7.16. The van der Waals surface area contributed by atoms with Crippen LogP contribution in [-0.2, 0) is 17.5 Å². The van der Waals surface area contributed by atoms with E-state index in [0.717, 1.165) is 10.7 Å². The minimum atomic E-state index is -4.60. The van der Waals surface area contributed by atoms with Gasteiger partial charge in [-0.3, -0.25) is 19.6 Å². The third-order valence-corrected chi connectivity index (χ3v) is 4.52. The third kappa shape index (κ3) is 5.54. The molecule has 3 atom stereocenters. The Morgan fingerprint density at radius 1 is 1.33 bits per heavy atom. The average Bonchev–Trinajstić information content (AvgIpc) is 3.06. The molecular weight excluding hydrogens is 409 g/mol. The van der Waals surface area contributed by atoms with Crippen molar-refractivity contribution in [3.8, 4) is 0 Å². The summed E-state index contributed by atoms with van der Waals surface area (Å²) in [6.07, 6.45) is -5.95. The fraction of sp³-hybridized carbons (Fsp3) is 0.444. The number of nitro groups is 1. The monoisotopic (exact) mass is 430 g/mol. The van der Waals surface area contributed by atoms with Gasteiger partial charge in [0.25, 0.3) is 5.69 Å². The number of halogens is 3. The number of alkyl halides is 3. The molecule has 0 saturated heterocycles. The summed E-state index contributed by atoms with van der Waals surface area (Å²) in [5.74, 6) is -1.43. The fourth-order valence-corrected chi connectivity index (χ4v) is 2.75. The van der Waals surface area contributed by atoms with Crippen LogP contribution in [-0.4, -0.2) is 43.5 Å². The number of amides is 1. The van der Waals surface area contributed by atoms with Gasteiger partial charge in [0, 0.05) is 17.8 Å². The largest absolute Gasteiger partial charge is 0.435 e. The predicted molar refractivity (Wildman–Crippen MR) is 98.2 cm³/mol. The Hall–Kier alpha value is -2.99. The summed E-state index contributed by atoms with van der Waals surface area (Å²) >= 11 is 0. The van der Waals surface area contributed by atoms with Gasteiger partial charge in [0.2, 0.25) is 5.91 Å². The lowest BCUT2D eigenvalue weighted by Gasteiger charge is -2.24. The van der Waals surface area contributed by atoms with Gasteiger partial charge >= 0.3 is 6.18 Å². The Balaban J connectivity index is 2.05. The number of benzene rings is 1. The zero-order chi connectivity index (χ0) is 22.6. The first kappa shape index (κ1) is 23.3. The lowest BCUT2D eigenvalue weighted by atomic mass is 10.0. The zero-order valence-corrected chi connectivity index (χ0v) is 16.1. The molecule has 3 N–H and O–H groups in total. The maximum absolute atomic E-state index is 12.8. The quantitative estimate of drug-likeness (QED) is 0.434. The summed E-state index contributed by atoms with van der Waals surface area (Å²) in [7, 11) is 0. The lowest BCUT2D eigenvalue weighted by Crippen LogP contribution is -2.44. The van der Waals surface area contributed by atoms with Crippen LogP contribution in [0.25, 0.3) is 0 Å². The van der Waals surface area contributed by atoms with E-state index < -0.39 is 47.4 Å². The molecule has 0 aliphatic heterocycles. The number of aromatic nitrogens is 2. The number of nitrogens with zero attached hydrogens (tertiary/aromatic N) is 3. The smallest absolute Gasteiger partial charge is 0.394 e. The van der Waals surface area contributed by atoms with Crippen LogP contribution in [0.4, 0.5) is 18.9 Å². The SMILES string of the molecule is Cc1cc(C(F)(F)F)nn1CC(C)C(=O)NC(CO)C(O)c1ccc([N+](=O)[O-])cc1. The van der Waals surface area contributed by atoms with Gasteiger partial charge in [-0.25, -0.2) is 0 Å². The van der Waals surface area contributed by atoms with Crippen molar-refractivity contribution in [2.24, 2.45) is 5.92 Å². The van der Waals surface area contributed by atoms with Gasteiger partial charge in [-0.15, -0.1) is 0 Å². The molecule has 0 aliphatic rings. The van der Waals surface area contributed by atoms with Crippen molar-refractivity contribution in [2.75, 3.05) is 6.61 Å². The molecule has 12 heteroatoms. The van der Waals surface area contributed by atoms with Gasteiger partial charge in [0.1, 0.15) is 6.10 Å². The summed E-state index contributed by atoms with van der Waals surface area (Å²) in [4.78, 5) is 22.5. The van der Waals surface area contributed by atoms with Gasteiger partial charge in [0.15, 0.2) is 5.69 Å². The standard InChI is InChI=1S/C18H21F3N4O5/c1-10(8-24-11(2)7-15(23-24)18(19,20)21)17(28)22-14(9-26)16(27)12-3-5-13(6-4-12)25(29)30/h3-7,10,14,16,26-27H,8-9H2,1-2H3,(H,22,28). The van der Waals surface area contributed by atoms with Crippen LogP contribution in [0.15, 0.2) is 30.3 Å². The minimum Gasteiger partial charge on any atom is -0.394 e. The zero-order valence-electron chi connectivity index (χ0n) is 16.1. The molecule has 2 rings (SSSR count). The summed E-state index contributed by atoms with van der Waals surface area (Å²) in [6.45, 7) is 2.13. The minimum absolute atomic E-state index is 0.139. The van der Waals surface area contributed by atoms with E-state index >= 15 is 0 Å². The number of carbonyl (C=O) groups is 1. The fourth-order valence-electron chi connectivity index (χ4n) is 2.75. The number of nitro benzene ring substituents is 1. The number of rotatable bonds is 8. The van der Waals surface area contributed by atoms with Crippen molar-refractivity contribution < 1.29 is 33.1 Å². The van der Waals surface area contributed by atoms with Crippen LogP contribution in [0, 0.1) is 23.0 Å². The molecule has 0 fully saturated rings. The van der Waals surface area contributed by atoms with Crippen LogP contribution in [0.3, 0.4) is 0 Å². The Morgan fingerprint density at radius 3 is 2.40 bits per heavy atom. The number of carbonyl (C=O) groups excluding carboxylic acids is 1. The second kappa shape index (κ2) is 9.22. The normalized spacial score (nSPS) is 14.8. The number of aliphatic hydroxyl groups is 2. The number of non-ortho nitro benzene ring substituents is 1. The number of hydrogen-bond acceptors (Lipinski definition) is 6. The van der Waals surface area contributed by atoms with Crippen molar-refractivity contribution in [3.63, 3.8) is 0 Å². The third-order valence-electron chi connectivity index (χ3n) is 4.52. The van der Waals surface area contributed by atoms with Crippen LogP contribution < -0.4 is 5.32 Å². The molecule has 0 bridgehead atoms. The van der Waals surface area contributed by atoms with Crippen molar-refractivity contribution >= 4 is 11.6 Å². The van der Waals surface area contributed by atoms with Gasteiger partial charge in [-0.2, -0.15) is 18.3 Å². The highest BCUT2D eigenvalue weighted by molar-refractivity contribution is 5.78. The van der Waals surface area contributed by atoms with E-state index in [0.29, 0.717) is 0 Å². The number of aryl methyl sites for hydroxylation is 1. The second-order valence-electron chi connectivity index (χ2n) is 6.84. The average molecular weight is 430 g/mol. The maximum atomic E-state index is 12.8. The molecule has 0 aliphatic carbocycles. The first-order chi connectivity index (χ1) is 13.9. The number of nitrogens with one attached hydrogen (secondary N) is 1. The van der Waals surface area contributed by atoms with Gasteiger partial charge in [0.05, 0.1) is 30.0 Å². The highest BCUT2D eigenvalue weighted by Gasteiger charge is 2.34. The van der Waals surface area contributed by atoms with Crippen molar-refractivity contribution in [2.45, 2.75) is 38.7 Å². The maximum Gasteiger partial charge on any atom is 0.435 e. The van der Waals surface area contributed by atoms with Gasteiger partial charge in [-0.05, 0) is 30.7 Å². The Bertz CT molecular complexity index is 898. The summed E-state index contributed by atoms with van der Waals surface area (Å²) in [5, 5.41) is 36.5. The molecule has 1 amide bonds. The van der Waals surface area contributed by atoms with E-state index in [2.05, 4.69) is 10.4 Å². The molecule has 1 aromatic carbocycles. The number of aliphatic hydroxyl groups excluding tert-OH is 2. The van der Waals surface area contributed by atoms with Crippen LogP contribution in [0.2, 0.25) is 0 Å². The first-order valence-electron chi connectivity index (χ1n) is 8.89. The van der Waals surface area contributed by atoms with E-state index in [1.807, 2.05) is 0 Å². The van der Waals surface area contributed by atoms with Crippen molar-refractivity contribution in [1.29, 1.82) is 0 Å². The molecule has 0 spiro atoms. The van der Waals surface area contributed by atoms with E-state index in [1.165, 1.54) is 38.1 Å². The second-order valence-corrected chi connectivity index (χ2v) is 6.84. The van der Waals surface area contributed by atoms with E-state index in [9.17, 15) is 38.3 Å².